The monoisotopic (exact) mass is 429 g/mol. The van der Waals surface area contributed by atoms with Crippen LogP contribution < -0.4 is 10.1 Å². The molecule has 0 saturated carbocycles. The van der Waals surface area contributed by atoms with Gasteiger partial charge < -0.3 is 10.1 Å². The third-order valence-electron chi connectivity index (χ3n) is 4.68. The molecule has 5 nitrogen and oxygen atoms in total. The van der Waals surface area contributed by atoms with Crippen molar-refractivity contribution < 1.29 is 13.9 Å². The summed E-state index contributed by atoms with van der Waals surface area (Å²) in [5.41, 5.74) is 3.26. The van der Waals surface area contributed by atoms with Crippen molar-refractivity contribution >= 4 is 17.5 Å². The molecule has 7 heteroatoms. The minimum absolute atomic E-state index is 0.230. The Morgan fingerprint density at radius 1 is 1.10 bits per heavy atom. The van der Waals surface area contributed by atoms with Crippen molar-refractivity contribution in [3.8, 4) is 5.75 Å². The summed E-state index contributed by atoms with van der Waals surface area (Å²) in [5, 5.41) is 7.65. The molecule has 3 rings (SSSR count). The van der Waals surface area contributed by atoms with Crippen LogP contribution in [0.3, 0.4) is 0 Å². The summed E-state index contributed by atoms with van der Waals surface area (Å²) in [7, 11) is 0. The second-order valence-corrected chi connectivity index (χ2v) is 7.52. The molecule has 1 aromatic heterocycles. The van der Waals surface area contributed by atoms with E-state index in [9.17, 15) is 9.18 Å². The number of halogens is 2. The number of ether oxygens (including phenoxy) is 1. The molecular weight excluding hydrogens is 405 g/mol. The number of carbonyl (C=O) groups is 1. The lowest BCUT2D eigenvalue weighted by Gasteiger charge is -2.08. The first-order valence-electron chi connectivity index (χ1n) is 9.89. The van der Waals surface area contributed by atoms with Crippen LogP contribution in [0.5, 0.6) is 5.75 Å². The van der Waals surface area contributed by atoms with Crippen LogP contribution in [-0.2, 0) is 6.54 Å². The van der Waals surface area contributed by atoms with Crippen molar-refractivity contribution in [1.29, 1.82) is 0 Å². The van der Waals surface area contributed by atoms with Gasteiger partial charge in [-0.1, -0.05) is 41.4 Å². The lowest BCUT2D eigenvalue weighted by Crippen LogP contribution is -2.25. The van der Waals surface area contributed by atoms with E-state index in [1.165, 1.54) is 17.7 Å². The predicted molar refractivity (Wildman–Crippen MR) is 116 cm³/mol. The van der Waals surface area contributed by atoms with E-state index in [0.717, 1.165) is 18.4 Å². The Balaban J connectivity index is 1.46. The van der Waals surface area contributed by atoms with Gasteiger partial charge in [-0.05, 0) is 56.5 Å². The molecule has 0 radical (unpaired) electrons. The summed E-state index contributed by atoms with van der Waals surface area (Å²) in [6.45, 7) is 5.32. The second-order valence-electron chi connectivity index (χ2n) is 7.16. The lowest BCUT2D eigenvalue weighted by atomic mass is 10.1. The zero-order chi connectivity index (χ0) is 21.5. The fourth-order valence-electron chi connectivity index (χ4n) is 3.02. The molecular formula is C23H25ClFN3O2. The topological polar surface area (TPSA) is 56.2 Å². The van der Waals surface area contributed by atoms with Crippen LogP contribution in [0.15, 0.2) is 48.5 Å². The summed E-state index contributed by atoms with van der Waals surface area (Å²) in [5.74, 6) is 0.108. The predicted octanol–water partition coefficient (Wildman–Crippen LogP) is 4.93. The van der Waals surface area contributed by atoms with Gasteiger partial charge in [0, 0.05) is 6.54 Å². The van der Waals surface area contributed by atoms with Crippen molar-refractivity contribution in [1.82, 2.24) is 15.1 Å². The summed E-state index contributed by atoms with van der Waals surface area (Å²) in [6, 6.07) is 14.0. The van der Waals surface area contributed by atoms with Crippen LogP contribution in [-0.4, -0.2) is 28.8 Å². The van der Waals surface area contributed by atoms with Gasteiger partial charge >= 0.3 is 0 Å². The van der Waals surface area contributed by atoms with Gasteiger partial charge in [0.25, 0.3) is 5.91 Å². The van der Waals surface area contributed by atoms with Gasteiger partial charge in [-0.3, -0.25) is 4.79 Å². The summed E-state index contributed by atoms with van der Waals surface area (Å²) < 4.78 is 20.1. The SMILES string of the molecule is Cc1ccc(Cn2nc(C)c(C(=O)NCCCCOc3ccc(F)cc3)c2Cl)cc1. The average molecular weight is 430 g/mol. The number of rotatable bonds is 9. The molecule has 0 saturated heterocycles. The smallest absolute Gasteiger partial charge is 0.256 e. The van der Waals surface area contributed by atoms with Gasteiger partial charge in [0.2, 0.25) is 0 Å². The first kappa shape index (κ1) is 21.8. The van der Waals surface area contributed by atoms with Crippen molar-refractivity contribution in [2.24, 2.45) is 0 Å². The van der Waals surface area contributed by atoms with E-state index in [0.29, 0.717) is 41.9 Å². The highest BCUT2D eigenvalue weighted by Crippen LogP contribution is 2.21. The molecule has 0 fully saturated rings. The van der Waals surface area contributed by atoms with Gasteiger partial charge in [-0.25, -0.2) is 9.07 Å². The molecule has 0 spiro atoms. The second kappa shape index (κ2) is 10.3. The number of aryl methyl sites for hydroxylation is 2. The average Bonchev–Trinajstić information content (AvgIpc) is 3.00. The minimum atomic E-state index is -0.291. The number of nitrogens with zero attached hydrogens (tertiary/aromatic N) is 2. The van der Waals surface area contributed by atoms with Gasteiger partial charge in [0.15, 0.2) is 0 Å². The van der Waals surface area contributed by atoms with Crippen LogP contribution in [0.4, 0.5) is 4.39 Å². The van der Waals surface area contributed by atoms with Gasteiger partial charge in [0.1, 0.15) is 16.7 Å². The molecule has 0 aliphatic heterocycles. The number of hydrogen-bond donors (Lipinski definition) is 1. The highest BCUT2D eigenvalue weighted by molar-refractivity contribution is 6.33. The van der Waals surface area contributed by atoms with Gasteiger partial charge in [-0.15, -0.1) is 0 Å². The van der Waals surface area contributed by atoms with E-state index in [1.807, 2.05) is 31.2 Å². The number of nitrogens with one attached hydrogen (secondary N) is 1. The third-order valence-corrected chi connectivity index (χ3v) is 5.07. The zero-order valence-electron chi connectivity index (χ0n) is 17.1. The summed E-state index contributed by atoms with van der Waals surface area (Å²) in [6.07, 6.45) is 1.51. The maximum Gasteiger partial charge on any atom is 0.256 e. The number of benzene rings is 2. The maximum absolute atomic E-state index is 12.9. The normalized spacial score (nSPS) is 10.8. The molecule has 3 aromatic rings. The lowest BCUT2D eigenvalue weighted by molar-refractivity contribution is 0.0952. The Morgan fingerprint density at radius 3 is 2.50 bits per heavy atom. The Labute approximate surface area is 180 Å². The van der Waals surface area contributed by atoms with E-state index in [4.69, 9.17) is 16.3 Å². The molecule has 0 bridgehead atoms. The molecule has 0 unspecified atom stereocenters. The molecule has 2 aromatic carbocycles. The maximum atomic E-state index is 12.9. The Bertz CT molecular complexity index is 985. The van der Waals surface area contributed by atoms with Crippen molar-refractivity contribution in [2.75, 3.05) is 13.2 Å². The van der Waals surface area contributed by atoms with Crippen molar-refractivity contribution in [2.45, 2.75) is 33.2 Å². The molecule has 30 heavy (non-hydrogen) atoms. The minimum Gasteiger partial charge on any atom is -0.494 e. The Morgan fingerprint density at radius 2 is 1.80 bits per heavy atom. The molecule has 158 valence electrons. The largest absolute Gasteiger partial charge is 0.494 e. The Hall–Kier alpha value is -2.86. The number of aromatic nitrogens is 2. The third kappa shape index (κ3) is 5.83. The quantitative estimate of drug-likeness (QED) is 0.491. The Kier molecular flexibility index (Phi) is 7.46. The van der Waals surface area contributed by atoms with Crippen LogP contribution in [0.1, 0.15) is 40.0 Å². The van der Waals surface area contributed by atoms with Gasteiger partial charge in [-0.2, -0.15) is 5.10 Å². The summed E-state index contributed by atoms with van der Waals surface area (Å²) >= 11 is 6.44. The van der Waals surface area contributed by atoms with Crippen molar-refractivity contribution in [3.63, 3.8) is 0 Å². The number of amides is 1. The summed E-state index contributed by atoms with van der Waals surface area (Å²) in [4.78, 5) is 12.6. The highest BCUT2D eigenvalue weighted by atomic mass is 35.5. The zero-order valence-corrected chi connectivity index (χ0v) is 17.9. The molecule has 0 atom stereocenters. The van der Waals surface area contributed by atoms with Crippen LogP contribution in [0, 0.1) is 19.7 Å². The molecule has 1 heterocycles. The molecule has 0 aliphatic carbocycles. The molecule has 0 aliphatic rings. The molecule has 1 amide bonds. The first-order valence-corrected chi connectivity index (χ1v) is 10.3. The van der Waals surface area contributed by atoms with E-state index < -0.39 is 0 Å². The highest BCUT2D eigenvalue weighted by Gasteiger charge is 2.20. The number of unbranched alkanes of at least 4 members (excludes halogenated alkanes) is 1. The van der Waals surface area contributed by atoms with E-state index >= 15 is 0 Å². The van der Waals surface area contributed by atoms with Crippen LogP contribution in [0.25, 0.3) is 0 Å². The number of carbonyl (C=O) groups excluding carboxylic acids is 1. The van der Waals surface area contributed by atoms with E-state index in [-0.39, 0.29) is 11.7 Å². The van der Waals surface area contributed by atoms with Gasteiger partial charge in [0.05, 0.1) is 24.4 Å². The van der Waals surface area contributed by atoms with Crippen LogP contribution >= 0.6 is 11.6 Å². The molecule has 1 N–H and O–H groups in total. The standard InChI is InChI=1S/C23H25ClFN3O2/c1-16-5-7-18(8-6-16)15-28-22(24)21(17(2)27-28)23(29)26-13-3-4-14-30-20-11-9-19(25)10-12-20/h5-12H,3-4,13-15H2,1-2H3,(H,26,29). The fraction of sp³-hybridized carbons (Fsp3) is 0.304. The fourth-order valence-corrected chi connectivity index (χ4v) is 3.34. The van der Waals surface area contributed by atoms with E-state index in [2.05, 4.69) is 10.4 Å². The first-order chi connectivity index (χ1) is 14.4. The van der Waals surface area contributed by atoms with Crippen LogP contribution in [0.2, 0.25) is 5.15 Å². The van der Waals surface area contributed by atoms with E-state index in [1.54, 1.807) is 23.7 Å². The number of hydrogen-bond acceptors (Lipinski definition) is 3. The van der Waals surface area contributed by atoms with Crippen molar-refractivity contribution in [3.05, 3.63) is 81.9 Å².